The van der Waals surface area contributed by atoms with Gasteiger partial charge in [-0.1, -0.05) is 83.1 Å². The summed E-state index contributed by atoms with van der Waals surface area (Å²) in [7, 11) is -2.69. The molecule has 74 heavy (non-hydrogen) atoms. The largest absolute Gasteiger partial charge is 3.00 e. The smallest absolute Gasteiger partial charge is 1.00 e. The maximum Gasteiger partial charge on any atom is 3.00 e. The topological polar surface area (TPSA) is 294 Å². The molecule has 0 saturated carbocycles. The fourth-order valence-corrected chi connectivity index (χ4v) is 7.39. The number of nitrogens with zero attached hydrogens (tertiary/aromatic N) is 16. The molecule has 0 N–H and O–H groups in total. The predicted molar refractivity (Wildman–Crippen MR) is 278 cm³/mol. The van der Waals surface area contributed by atoms with Crippen molar-refractivity contribution in [3.05, 3.63) is 105 Å². The first-order valence-electron chi connectivity index (χ1n) is 24.1. The van der Waals surface area contributed by atoms with Crippen LogP contribution in [-0.4, -0.2) is 72.4 Å². The molecule has 0 aromatic carbocycles. The van der Waals surface area contributed by atoms with Gasteiger partial charge in [-0.2, -0.15) is 21.0 Å². The van der Waals surface area contributed by atoms with Crippen molar-refractivity contribution >= 4 is 14.2 Å². The van der Waals surface area contributed by atoms with Gasteiger partial charge in [-0.05, 0) is 148 Å². The van der Waals surface area contributed by atoms with Crippen molar-refractivity contribution in [1.82, 2.24) is 58.1 Å². The molecule has 0 saturated heterocycles. The molecule has 0 fully saturated rings. The first-order chi connectivity index (χ1) is 33.8. The number of aromatic nitrogens is 12. The minimum absolute atomic E-state index is 0. The van der Waals surface area contributed by atoms with Crippen LogP contribution in [0.5, 0.6) is 0 Å². The van der Waals surface area contributed by atoms with Crippen LogP contribution in [0, 0.1) is 86.9 Å². The first-order valence-corrected chi connectivity index (χ1v) is 24.1. The Bertz CT molecular complexity index is 2210. The van der Waals surface area contributed by atoms with Crippen LogP contribution in [0.15, 0.2) is 36.4 Å². The second-order valence-electron chi connectivity index (χ2n) is 18.9. The minimum Gasteiger partial charge on any atom is -1.00 e. The molecule has 0 bridgehead atoms. The normalized spacial score (nSPS) is 9.92. The fraction of sp³-hybridized carbons (Fsp3) is 0.560. The molecule has 6 heterocycles. The average molecular weight is 1110 g/mol. The van der Waals surface area contributed by atoms with Crippen molar-refractivity contribution in [2.24, 2.45) is 0 Å². The molecule has 0 atom stereocenters. The Morgan fingerprint density at radius 1 is 0.324 bits per heavy atom. The van der Waals surface area contributed by atoms with E-state index in [9.17, 15) is 0 Å². The third kappa shape index (κ3) is 21.6. The van der Waals surface area contributed by atoms with Gasteiger partial charge in [0.05, 0.1) is 58.4 Å². The van der Waals surface area contributed by atoms with E-state index in [1.165, 1.54) is 27.7 Å². The summed E-state index contributed by atoms with van der Waals surface area (Å²) in [4.78, 5) is 0. The first kappa shape index (κ1) is 74.7. The molecular formula is C50H80B2Co2N16O4. The van der Waals surface area contributed by atoms with Crippen molar-refractivity contribution in [3.8, 4) is 24.3 Å². The summed E-state index contributed by atoms with van der Waals surface area (Å²) < 4.78 is 12.9. The summed E-state index contributed by atoms with van der Waals surface area (Å²) in [5, 5.41) is 87.2. The Kier molecular flexibility index (Phi) is 38.2. The third-order valence-corrected chi connectivity index (χ3v) is 11.2. The van der Waals surface area contributed by atoms with Crippen LogP contribution in [-0.2, 0) is 33.6 Å². The number of aryl methyl sites for hydroxylation is 6. The summed E-state index contributed by atoms with van der Waals surface area (Å²) in [5.41, 5.74) is 13.5. The molecule has 6 aromatic rings. The molecule has 0 spiro atoms. The van der Waals surface area contributed by atoms with Crippen molar-refractivity contribution in [1.29, 1.82) is 21.0 Å². The van der Waals surface area contributed by atoms with Gasteiger partial charge in [0.2, 0.25) is 0 Å². The Morgan fingerprint density at radius 3 is 0.486 bits per heavy atom. The van der Waals surface area contributed by atoms with Crippen molar-refractivity contribution in [2.45, 2.75) is 188 Å². The van der Waals surface area contributed by atoms with Gasteiger partial charge in [0.15, 0.2) is 0 Å². The maximum absolute atomic E-state index is 7.32. The van der Waals surface area contributed by atoms with Gasteiger partial charge in [-0.15, -0.1) is 0 Å². The van der Waals surface area contributed by atoms with Crippen LogP contribution in [0.4, 0.5) is 0 Å². The second-order valence-corrected chi connectivity index (χ2v) is 18.9. The van der Waals surface area contributed by atoms with Crippen LogP contribution >= 0.6 is 0 Å². The van der Waals surface area contributed by atoms with E-state index in [1.54, 1.807) is 24.3 Å². The fourth-order valence-electron chi connectivity index (χ4n) is 7.39. The quantitative estimate of drug-likeness (QED) is 0.0792. The zero-order valence-electron chi connectivity index (χ0n) is 47.8. The van der Waals surface area contributed by atoms with Gasteiger partial charge >= 0.3 is 47.8 Å². The van der Waals surface area contributed by atoms with Crippen molar-refractivity contribution in [2.75, 3.05) is 0 Å². The molecule has 20 nitrogen and oxygen atoms in total. The standard InChI is InChI=1S/2C21H34BN6.4C2H3N.2Co.2O2/c2*1-13(2)19-10-16(7)26(23-19)22(27-17(8)11-20(24-27)14(3)4)28-18(9)12-21(25-28)15(5)6;4*1-2-3;;;2*1-2/h2*10-15,22H,1-9H3;4*1H3;;;;/q2*-1;;;;;2*+3;2*-2. The van der Waals surface area contributed by atoms with E-state index in [-0.39, 0.29) is 33.6 Å². The molecule has 408 valence electrons. The molecule has 6 aromatic heterocycles. The van der Waals surface area contributed by atoms with Crippen LogP contribution < -0.4 is 21.0 Å². The van der Waals surface area contributed by atoms with Gasteiger partial charge in [-0.25, -0.2) is 30.6 Å². The summed E-state index contributed by atoms with van der Waals surface area (Å²) in [6.07, 6.45) is 0. The molecule has 0 aliphatic carbocycles. The van der Waals surface area contributed by atoms with Crippen LogP contribution in [0.3, 0.4) is 0 Å². The second kappa shape index (κ2) is 37.9. The van der Waals surface area contributed by atoms with Gasteiger partial charge in [0.1, 0.15) is 0 Å². The van der Waals surface area contributed by atoms with Gasteiger partial charge < -0.3 is 48.6 Å². The maximum atomic E-state index is 7.32. The van der Waals surface area contributed by atoms with E-state index in [0.29, 0.717) is 35.5 Å². The van der Waals surface area contributed by atoms with E-state index in [1.807, 2.05) is 0 Å². The zero-order chi connectivity index (χ0) is 56.3. The molecular weight excluding hydrogens is 1030 g/mol. The number of nitriles is 4. The number of hydrogen-bond acceptors (Lipinski definition) is 14. The van der Waals surface area contributed by atoms with Crippen LogP contribution in [0.2, 0.25) is 0 Å². The van der Waals surface area contributed by atoms with E-state index < -0.39 is 14.2 Å². The zero-order valence-corrected chi connectivity index (χ0v) is 49.9. The number of rotatable bonds is 12. The predicted octanol–water partition coefficient (Wildman–Crippen LogP) is 5.83. The molecule has 0 unspecified atom stereocenters. The average Bonchev–Trinajstić information content (AvgIpc) is 4.19. The van der Waals surface area contributed by atoms with Crippen molar-refractivity contribution < 1.29 is 54.6 Å². The molecule has 0 aliphatic heterocycles. The Balaban J connectivity index is -0.000000506. The van der Waals surface area contributed by atoms with E-state index in [2.05, 4.69) is 189 Å². The molecule has 0 amide bonds. The van der Waals surface area contributed by atoms with Crippen LogP contribution in [0.1, 0.15) is 215 Å². The van der Waals surface area contributed by atoms with E-state index >= 15 is 0 Å². The Morgan fingerprint density at radius 2 is 0.419 bits per heavy atom. The van der Waals surface area contributed by atoms with Gasteiger partial charge in [0.25, 0.3) is 0 Å². The third-order valence-electron chi connectivity index (χ3n) is 11.2. The summed E-state index contributed by atoms with van der Waals surface area (Å²) in [5.74, 6) is 2.30. The molecule has 6 rings (SSSR count). The molecule has 0 aliphatic rings. The monoisotopic (exact) mass is 1110 g/mol. The van der Waals surface area contributed by atoms with Crippen LogP contribution in [0.25, 0.3) is 0 Å². The molecule has 0 radical (unpaired) electrons. The minimum atomic E-state index is -1.35. The summed E-state index contributed by atoms with van der Waals surface area (Å²) in [6.45, 7) is 44.7. The molecule has 24 heteroatoms. The van der Waals surface area contributed by atoms with E-state index in [4.69, 9.17) is 72.7 Å². The Labute approximate surface area is 462 Å². The number of hydrogen-bond donors (Lipinski definition) is 0. The van der Waals surface area contributed by atoms with Crippen molar-refractivity contribution in [3.63, 3.8) is 0 Å². The van der Waals surface area contributed by atoms with Gasteiger partial charge in [-0.3, -0.25) is 0 Å². The summed E-state index contributed by atoms with van der Waals surface area (Å²) >= 11 is 0. The summed E-state index contributed by atoms with van der Waals surface area (Å²) in [6, 6.07) is 20.1. The van der Waals surface area contributed by atoms with Gasteiger partial charge in [0, 0.05) is 27.7 Å². The van der Waals surface area contributed by atoms with E-state index in [0.717, 1.165) is 68.3 Å². The SMILES string of the molecule is CC#N.CC#N.CC#N.CC#N.Cc1cc(C(C)C)nn1[BH-](n1nc(C(C)C)cc1C)n1nc(C(C)C)cc1C.Cc1cc(C(C)C)nn1[BH-](n1nc(C(C)C)cc1C)n1nc(C(C)C)cc1C.[Co+3].[Co+3].[O-][O-].[O-][O-]. The Hall–Kier alpha value is -5.80.